The molecule has 4 nitrogen and oxygen atoms in total. The summed E-state index contributed by atoms with van der Waals surface area (Å²) in [6, 6.07) is 20.3. The molecule has 0 saturated heterocycles. The fraction of sp³-hybridized carbons (Fsp3) is 0.211. The Morgan fingerprint density at radius 1 is 1.00 bits per heavy atom. The molecule has 0 amide bonds. The van der Waals surface area contributed by atoms with E-state index in [-0.39, 0.29) is 0 Å². The number of aliphatic hydroxyl groups excluding tert-OH is 1. The quantitative estimate of drug-likeness (QED) is 0.658. The van der Waals surface area contributed by atoms with E-state index in [0.717, 1.165) is 30.4 Å². The molecule has 0 heterocycles. The van der Waals surface area contributed by atoms with Gasteiger partial charge in [0.15, 0.2) is 0 Å². The molecule has 0 aliphatic rings. The number of nitrogens with two attached hydrogens (primary N) is 1. The van der Waals surface area contributed by atoms with E-state index < -0.39 is 0 Å². The number of hydrogen-bond acceptors (Lipinski definition) is 4. The number of benzene rings is 2. The Kier molecular flexibility index (Phi) is 8.18. The van der Waals surface area contributed by atoms with Crippen LogP contribution in [0.15, 0.2) is 77.7 Å². The fourth-order valence-electron chi connectivity index (χ4n) is 2.02. The van der Waals surface area contributed by atoms with Crippen LogP contribution in [-0.2, 0) is 0 Å². The van der Waals surface area contributed by atoms with E-state index in [4.69, 9.17) is 15.9 Å². The maximum absolute atomic E-state index is 7.00. The topological polar surface area (TPSA) is 61.8 Å². The molecule has 0 spiro atoms. The Balaban J connectivity index is 0.00000127. The van der Waals surface area contributed by atoms with Gasteiger partial charge in [-0.2, -0.15) is 5.10 Å². The molecule has 0 aliphatic carbocycles. The first-order valence-electron chi connectivity index (χ1n) is 7.56. The maximum atomic E-state index is 7.00. The molecule has 122 valence electrons. The monoisotopic (exact) mass is 311 g/mol. The molecular weight excluding hydrogens is 286 g/mol. The first-order chi connectivity index (χ1) is 11.2. The molecule has 0 radical (unpaired) electrons. The van der Waals surface area contributed by atoms with Gasteiger partial charge in [0.05, 0.1) is 5.71 Å². The predicted molar refractivity (Wildman–Crippen MR) is 97.0 cm³/mol. The second-order valence-corrected chi connectivity index (χ2v) is 4.74. The molecule has 2 aromatic rings. The lowest BCUT2D eigenvalue weighted by Gasteiger charge is -2.16. The number of nitrogens with zero attached hydrogens (tertiary/aromatic N) is 2. The summed E-state index contributed by atoms with van der Waals surface area (Å²) in [5, 5.41) is 13.4. The number of allylic oxidation sites excluding steroid dienone is 1. The van der Waals surface area contributed by atoms with Crippen molar-refractivity contribution in [1.29, 1.82) is 0 Å². The van der Waals surface area contributed by atoms with Gasteiger partial charge in [0, 0.05) is 25.3 Å². The molecule has 23 heavy (non-hydrogen) atoms. The molecule has 3 N–H and O–H groups in total. The van der Waals surface area contributed by atoms with Crippen molar-refractivity contribution >= 4 is 5.71 Å². The smallest absolute Gasteiger partial charge is 0.115 e. The van der Waals surface area contributed by atoms with Crippen molar-refractivity contribution in [3.63, 3.8) is 0 Å². The normalized spacial score (nSPS) is 10.3. The summed E-state index contributed by atoms with van der Waals surface area (Å²) in [6.45, 7) is 2.06. The van der Waals surface area contributed by atoms with Crippen LogP contribution in [0.25, 0.3) is 0 Å². The van der Waals surface area contributed by atoms with Crippen LogP contribution in [0.1, 0.15) is 24.5 Å². The molecule has 0 unspecified atom stereocenters. The van der Waals surface area contributed by atoms with E-state index in [1.807, 2.05) is 49.5 Å². The van der Waals surface area contributed by atoms with Crippen molar-refractivity contribution in [2.45, 2.75) is 13.3 Å². The van der Waals surface area contributed by atoms with Gasteiger partial charge < -0.3 is 10.8 Å². The molecule has 0 bridgehead atoms. The second kappa shape index (κ2) is 10.2. The van der Waals surface area contributed by atoms with Crippen molar-refractivity contribution in [2.24, 2.45) is 10.8 Å². The van der Waals surface area contributed by atoms with E-state index in [9.17, 15) is 0 Å². The molecule has 2 rings (SSSR count). The van der Waals surface area contributed by atoms with Gasteiger partial charge in [0.1, 0.15) is 5.82 Å². The molecule has 0 saturated carbocycles. The van der Waals surface area contributed by atoms with Gasteiger partial charge in [-0.3, -0.25) is 5.01 Å². The lowest BCUT2D eigenvalue weighted by Crippen LogP contribution is -2.20. The zero-order valence-electron chi connectivity index (χ0n) is 14.0. The summed E-state index contributed by atoms with van der Waals surface area (Å²) in [6.07, 6.45) is 2.84. The zero-order chi connectivity index (χ0) is 17.1. The largest absolute Gasteiger partial charge is 0.400 e. The van der Waals surface area contributed by atoms with Gasteiger partial charge in [-0.1, -0.05) is 67.6 Å². The highest BCUT2D eigenvalue weighted by atomic mass is 16.2. The average Bonchev–Trinajstić information content (AvgIpc) is 2.63. The minimum absolute atomic E-state index is 0.655. The molecule has 0 fully saturated rings. The van der Waals surface area contributed by atoms with Gasteiger partial charge in [0.25, 0.3) is 0 Å². The van der Waals surface area contributed by atoms with E-state index in [0.29, 0.717) is 5.82 Å². The second-order valence-electron chi connectivity index (χ2n) is 4.74. The van der Waals surface area contributed by atoms with Crippen molar-refractivity contribution in [1.82, 2.24) is 5.01 Å². The highest BCUT2D eigenvalue weighted by molar-refractivity contribution is 6.12. The van der Waals surface area contributed by atoms with Crippen LogP contribution in [-0.4, -0.2) is 30.0 Å². The van der Waals surface area contributed by atoms with E-state index in [1.54, 1.807) is 5.01 Å². The molecule has 0 aromatic heterocycles. The van der Waals surface area contributed by atoms with Crippen LogP contribution in [0, 0.1) is 0 Å². The molecule has 4 heteroatoms. The van der Waals surface area contributed by atoms with E-state index in [2.05, 4.69) is 31.2 Å². The molecule has 0 aliphatic heterocycles. The standard InChI is InChI=1S/C18H21N3.CH4O/c1-3-10-17(19)21(2)20-18(15-11-6-4-7-12-15)16-13-8-5-9-14-16;1-2/h4-14H,3,19H2,1-2H3;2H,1H3/b17-10+;. The zero-order valence-corrected chi connectivity index (χ0v) is 14.0. The number of hydrogen-bond donors (Lipinski definition) is 2. The van der Waals surface area contributed by atoms with Gasteiger partial charge in [-0.15, -0.1) is 0 Å². The van der Waals surface area contributed by atoms with Crippen LogP contribution in [0.4, 0.5) is 0 Å². The fourth-order valence-corrected chi connectivity index (χ4v) is 2.02. The third kappa shape index (κ3) is 5.60. The summed E-state index contributed by atoms with van der Waals surface area (Å²) < 4.78 is 0. The Bertz CT molecular complexity index is 580. The third-order valence-electron chi connectivity index (χ3n) is 3.13. The SMILES string of the molecule is CC/C=C(\N)N(C)N=C(c1ccccc1)c1ccccc1.CO. The van der Waals surface area contributed by atoms with Gasteiger partial charge in [-0.05, 0) is 12.5 Å². The maximum Gasteiger partial charge on any atom is 0.115 e. The summed E-state index contributed by atoms with van der Waals surface area (Å²) in [7, 11) is 2.87. The lowest BCUT2D eigenvalue weighted by molar-refractivity contribution is 0.399. The number of hydrazone groups is 1. The Labute approximate surface area is 138 Å². The van der Waals surface area contributed by atoms with Gasteiger partial charge in [-0.25, -0.2) is 0 Å². The highest BCUT2D eigenvalue weighted by Crippen LogP contribution is 2.12. The van der Waals surface area contributed by atoms with Crippen LogP contribution >= 0.6 is 0 Å². The summed E-state index contributed by atoms with van der Waals surface area (Å²) in [4.78, 5) is 0. The first kappa shape index (κ1) is 18.5. The van der Waals surface area contributed by atoms with Crippen LogP contribution in [0.3, 0.4) is 0 Å². The van der Waals surface area contributed by atoms with E-state index >= 15 is 0 Å². The predicted octanol–water partition coefficient (Wildman–Crippen LogP) is 3.19. The van der Waals surface area contributed by atoms with Gasteiger partial charge >= 0.3 is 0 Å². The molecule has 0 atom stereocenters. The summed E-state index contributed by atoms with van der Waals surface area (Å²) in [5.74, 6) is 0.655. The van der Waals surface area contributed by atoms with Crippen LogP contribution in [0.2, 0.25) is 0 Å². The van der Waals surface area contributed by atoms with Crippen LogP contribution in [0.5, 0.6) is 0 Å². The molecule has 2 aromatic carbocycles. The van der Waals surface area contributed by atoms with Crippen LogP contribution < -0.4 is 5.73 Å². The minimum Gasteiger partial charge on any atom is -0.400 e. The Morgan fingerprint density at radius 2 is 1.43 bits per heavy atom. The van der Waals surface area contributed by atoms with Crippen molar-refractivity contribution in [3.05, 3.63) is 83.7 Å². The van der Waals surface area contributed by atoms with Gasteiger partial charge in [0.2, 0.25) is 0 Å². The summed E-state index contributed by atoms with van der Waals surface area (Å²) in [5.41, 5.74) is 9.06. The minimum atomic E-state index is 0.655. The lowest BCUT2D eigenvalue weighted by atomic mass is 10.0. The van der Waals surface area contributed by atoms with Crippen molar-refractivity contribution < 1.29 is 5.11 Å². The van der Waals surface area contributed by atoms with E-state index in [1.165, 1.54) is 0 Å². The Hall–Kier alpha value is -2.59. The molecular formula is C19H25N3O. The first-order valence-corrected chi connectivity index (χ1v) is 7.56. The highest BCUT2D eigenvalue weighted by Gasteiger charge is 2.08. The Morgan fingerprint density at radius 3 is 1.83 bits per heavy atom. The number of aliphatic hydroxyl groups is 1. The number of rotatable bonds is 5. The average molecular weight is 311 g/mol. The van der Waals surface area contributed by atoms with Crippen molar-refractivity contribution in [3.8, 4) is 0 Å². The third-order valence-corrected chi connectivity index (χ3v) is 3.13. The summed E-state index contributed by atoms with van der Waals surface area (Å²) >= 11 is 0. The van der Waals surface area contributed by atoms with Crippen molar-refractivity contribution in [2.75, 3.05) is 14.2 Å².